The highest BCUT2D eigenvalue weighted by atomic mass is 32.2. The number of sulfone groups is 1. The Balaban J connectivity index is 1.58. The molecule has 3 atom stereocenters. The third kappa shape index (κ3) is 4.31. The summed E-state index contributed by atoms with van der Waals surface area (Å²) in [6.45, 7) is 5.27. The van der Waals surface area contributed by atoms with Crippen LogP contribution in [0.15, 0.2) is 29.0 Å². The van der Waals surface area contributed by atoms with Crippen molar-refractivity contribution in [3.8, 4) is 0 Å². The summed E-state index contributed by atoms with van der Waals surface area (Å²) in [6.07, 6.45) is 2.34. The van der Waals surface area contributed by atoms with Crippen molar-refractivity contribution in [1.82, 2.24) is 9.80 Å². The molecule has 29 heavy (non-hydrogen) atoms. The van der Waals surface area contributed by atoms with Gasteiger partial charge in [-0.3, -0.25) is 9.69 Å². The Morgan fingerprint density at radius 3 is 2.79 bits per heavy atom. The van der Waals surface area contributed by atoms with E-state index in [1.165, 1.54) is 15.3 Å². The summed E-state index contributed by atoms with van der Waals surface area (Å²) in [7, 11) is -3.03. The van der Waals surface area contributed by atoms with E-state index in [0.717, 1.165) is 19.4 Å². The van der Waals surface area contributed by atoms with Gasteiger partial charge >= 0.3 is 0 Å². The summed E-state index contributed by atoms with van der Waals surface area (Å²) in [5, 5.41) is 4.23. The van der Waals surface area contributed by atoms with Crippen LogP contribution in [0.2, 0.25) is 0 Å². The zero-order valence-corrected chi connectivity index (χ0v) is 19.4. The number of thiophene rings is 2. The standard InChI is InChI=1S/C21H28N2O3S3/c1-3-15(2)23(16-8-12-29(25,26)14-16)20(24)13-22-9-6-18-17(7-11-28-18)21(22)19-5-4-10-27-19/h4-5,7,10-11,15-16,21H,3,6,8-9,12-14H2,1-2H3. The van der Waals surface area contributed by atoms with Crippen molar-refractivity contribution >= 4 is 38.4 Å². The van der Waals surface area contributed by atoms with Gasteiger partial charge in [-0.1, -0.05) is 13.0 Å². The molecule has 4 heterocycles. The second-order valence-electron chi connectivity index (χ2n) is 8.05. The quantitative estimate of drug-likeness (QED) is 0.672. The molecule has 0 aromatic carbocycles. The topological polar surface area (TPSA) is 57.7 Å². The van der Waals surface area contributed by atoms with Crippen molar-refractivity contribution in [1.29, 1.82) is 0 Å². The fourth-order valence-corrected chi connectivity index (χ4v) is 8.07. The smallest absolute Gasteiger partial charge is 0.237 e. The van der Waals surface area contributed by atoms with Gasteiger partial charge in [0, 0.05) is 28.4 Å². The molecule has 2 aliphatic rings. The predicted octanol–water partition coefficient (Wildman–Crippen LogP) is 3.57. The van der Waals surface area contributed by atoms with Gasteiger partial charge in [0.25, 0.3) is 0 Å². The average molecular weight is 453 g/mol. The van der Waals surface area contributed by atoms with E-state index < -0.39 is 9.84 Å². The van der Waals surface area contributed by atoms with Crippen LogP contribution in [0, 0.1) is 0 Å². The maximum atomic E-state index is 13.5. The summed E-state index contributed by atoms with van der Waals surface area (Å²) in [5.74, 6) is 0.353. The monoisotopic (exact) mass is 452 g/mol. The highest BCUT2D eigenvalue weighted by Gasteiger charge is 2.38. The highest BCUT2D eigenvalue weighted by molar-refractivity contribution is 7.91. The molecular weight excluding hydrogens is 424 g/mol. The first-order chi connectivity index (χ1) is 13.9. The molecular formula is C21H28N2O3S3. The minimum absolute atomic E-state index is 0.0440. The van der Waals surface area contributed by atoms with Crippen LogP contribution in [0.1, 0.15) is 48.0 Å². The molecule has 0 saturated carbocycles. The van der Waals surface area contributed by atoms with Gasteiger partial charge in [-0.25, -0.2) is 8.42 Å². The first-order valence-corrected chi connectivity index (χ1v) is 13.8. The molecule has 8 heteroatoms. The number of hydrogen-bond donors (Lipinski definition) is 0. The Labute approximate surface area is 181 Å². The van der Waals surface area contributed by atoms with Gasteiger partial charge in [-0.15, -0.1) is 22.7 Å². The molecule has 3 unspecified atom stereocenters. The van der Waals surface area contributed by atoms with E-state index in [-0.39, 0.29) is 35.5 Å². The van der Waals surface area contributed by atoms with Crippen LogP contribution in [0.3, 0.4) is 0 Å². The third-order valence-corrected chi connectivity index (χ3v) is 9.84. The zero-order chi connectivity index (χ0) is 20.6. The van der Waals surface area contributed by atoms with Crippen molar-refractivity contribution in [3.05, 3.63) is 44.3 Å². The number of amides is 1. The molecule has 2 aliphatic heterocycles. The first-order valence-electron chi connectivity index (χ1n) is 10.2. The molecule has 1 amide bonds. The minimum Gasteiger partial charge on any atom is -0.335 e. The molecule has 0 radical (unpaired) electrons. The summed E-state index contributed by atoms with van der Waals surface area (Å²) < 4.78 is 24.1. The van der Waals surface area contributed by atoms with E-state index in [9.17, 15) is 13.2 Å². The second-order valence-corrected chi connectivity index (χ2v) is 12.3. The average Bonchev–Trinajstić information content (AvgIpc) is 3.42. The van der Waals surface area contributed by atoms with Crippen molar-refractivity contribution in [3.63, 3.8) is 0 Å². The minimum atomic E-state index is -3.03. The number of nitrogens with zero attached hydrogens (tertiary/aromatic N) is 2. The Morgan fingerprint density at radius 2 is 2.14 bits per heavy atom. The molecule has 0 aliphatic carbocycles. The van der Waals surface area contributed by atoms with Crippen LogP contribution in [0.4, 0.5) is 0 Å². The molecule has 1 fully saturated rings. The lowest BCUT2D eigenvalue weighted by Crippen LogP contribution is -2.51. The Bertz CT molecular complexity index is 952. The van der Waals surface area contributed by atoms with Gasteiger partial charge in [0.1, 0.15) is 0 Å². The fraction of sp³-hybridized carbons (Fsp3) is 0.571. The summed E-state index contributed by atoms with van der Waals surface area (Å²) in [6, 6.07) is 6.37. The Morgan fingerprint density at radius 1 is 1.31 bits per heavy atom. The molecule has 4 rings (SSSR count). The highest BCUT2D eigenvalue weighted by Crippen LogP contribution is 2.39. The lowest BCUT2D eigenvalue weighted by Gasteiger charge is -2.39. The fourth-order valence-electron chi connectivity index (χ4n) is 4.57. The SMILES string of the molecule is CCC(C)N(C(=O)CN1CCc2sccc2C1c1cccs1)C1CCS(=O)(=O)C1. The number of rotatable bonds is 6. The first kappa shape index (κ1) is 21.0. The van der Waals surface area contributed by atoms with E-state index in [2.05, 4.69) is 40.8 Å². The number of fused-ring (bicyclic) bond motifs is 1. The number of hydrogen-bond acceptors (Lipinski definition) is 6. The van der Waals surface area contributed by atoms with Crippen LogP contribution in [0.25, 0.3) is 0 Å². The van der Waals surface area contributed by atoms with Crippen molar-refractivity contribution < 1.29 is 13.2 Å². The molecule has 0 bridgehead atoms. The van der Waals surface area contributed by atoms with Crippen LogP contribution < -0.4 is 0 Å². The van der Waals surface area contributed by atoms with Gasteiger partial charge in [0.15, 0.2) is 9.84 Å². The second kappa shape index (κ2) is 8.49. The lowest BCUT2D eigenvalue weighted by atomic mass is 9.98. The maximum absolute atomic E-state index is 13.5. The molecule has 2 aromatic heterocycles. The maximum Gasteiger partial charge on any atom is 0.237 e. The van der Waals surface area contributed by atoms with Gasteiger partial charge in [-0.05, 0) is 54.6 Å². The van der Waals surface area contributed by atoms with E-state index in [0.29, 0.717) is 13.0 Å². The van der Waals surface area contributed by atoms with Gasteiger partial charge in [0.05, 0.1) is 24.1 Å². The Hall–Kier alpha value is -1.22. The lowest BCUT2D eigenvalue weighted by molar-refractivity contribution is -0.137. The van der Waals surface area contributed by atoms with Crippen LogP contribution >= 0.6 is 22.7 Å². The molecule has 1 saturated heterocycles. The van der Waals surface area contributed by atoms with Crippen LogP contribution in [0.5, 0.6) is 0 Å². The van der Waals surface area contributed by atoms with Crippen LogP contribution in [-0.4, -0.2) is 60.8 Å². The van der Waals surface area contributed by atoms with E-state index >= 15 is 0 Å². The summed E-state index contributed by atoms with van der Waals surface area (Å²) in [4.78, 5) is 20.3. The predicted molar refractivity (Wildman–Crippen MR) is 119 cm³/mol. The molecule has 2 aromatic rings. The number of carbonyl (C=O) groups is 1. The zero-order valence-electron chi connectivity index (χ0n) is 16.9. The summed E-state index contributed by atoms with van der Waals surface area (Å²) in [5.41, 5.74) is 1.31. The Kier molecular flexibility index (Phi) is 6.16. The third-order valence-electron chi connectivity index (χ3n) is 6.17. The number of carbonyl (C=O) groups excluding carboxylic acids is 1. The van der Waals surface area contributed by atoms with Crippen LogP contribution in [-0.2, 0) is 21.1 Å². The molecule has 0 N–H and O–H groups in total. The van der Waals surface area contributed by atoms with E-state index in [1.54, 1.807) is 22.7 Å². The van der Waals surface area contributed by atoms with E-state index in [1.807, 2.05) is 11.8 Å². The largest absolute Gasteiger partial charge is 0.335 e. The van der Waals surface area contributed by atoms with Crippen molar-refractivity contribution in [2.45, 2.75) is 51.2 Å². The molecule has 158 valence electrons. The molecule has 0 spiro atoms. The van der Waals surface area contributed by atoms with Gasteiger partial charge < -0.3 is 4.90 Å². The van der Waals surface area contributed by atoms with E-state index in [4.69, 9.17) is 0 Å². The van der Waals surface area contributed by atoms with Crippen molar-refractivity contribution in [2.24, 2.45) is 0 Å². The van der Waals surface area contributed by atoms with Gasteiger partial charge in [-0.2, -0.15) is 0 Å². The summed E-state index contributed by atoms with van der Waals surface area (Å²) >= 11 is 3.53. The normalized spacial score (nSPS) is 24.9. The van der Waals surface area contributed by atoms with Crippen molar-refractivity contribution in [2.75, 3.05) is 24.6 Å². The van der Waals surface area contributed by atoms with Gasteiger partial charge in [0.2, 0.25) is 5.91 Å². The molecule has 5 nitrogen and oxygen atoms in total.